The summed E-state index contributed by atoms with van der Waals surface area (Å²) >= 11 is 0. The Bertz CT molecular complexity index is 719. The molecule has 0 radical (unpaired) electrons. The quantitative estimate of drug-likeness (QED) is 0.863. The van der Waals surface area contributed by atoms with Crippen LogP contribution in [-0.2, 0) is 13.0 Å². The Hall–Kier alpha value is -2.01. The van der Waals surface area contributed by atoms with E-state index in [1.54, 1.807) is 0 Å². The van der Waals surface area contributed by atoms with Crippen molar-refractivity contribution in [2.24, 2.45) is 0 Å². The van der Waals surface area contributed by atoms with Gasteiger partial charge in [0.25, 0.3) is 0 Å². The number of rotatable bonds is 2. The molecule has 2 aromatic rings. The van der Waals surface area contributed by atoms with E-state index < -0.39 is 0 Å². The fraction of sp³-hybridized carbons (Fsp3) is 0.471. The molecule has 2 aromatic heterocycles. The zero-order chi connectivity index (χ0) is 14.9. The highest BCUT2D eigenvalue weighted by Gasteiger charge is 2.24. The molecule has 4 rings (SSSR count). The first-order valence-electron chi connectivity index (χ1n) is 8.00. The predicted octanol–water partition coefficient (Wildman–Crippen LogP) is 2.91. The second-order valence-electron chi connectivity index (χ2n) is 6.09. The highest BCUT2D eigenvalue weighted by atomic mass is 16.5. The van der Waals surface area contributed by atoms with Gasteiger partial charge in [-0.25, -0.2) is 0 Å². The number of nitrogens with one attached hydrogen (secondary N) is 1. The summed E-state index contributed by atoms with van der Waals surface area (Å²) in [4.78, 5) is 9.22. The van der Waals surface area contributed by atoms with Crippen molar-refractivity contribution in [1.29, 1.82) is 0 Å². The Morgan fingerprint density at radius 3 is 3.14 bits per heavy atom. The third-order valence-corrected chi connectivity index (χ3v) is 4.62. The lowest BCUT2D eigenvalue weighted by Gasteiger charge is -2.19. The summed E-state index contributed by atoms with van der Waals surface area (Å²) in [5.41, 5.74) is 4.62. The summed E-state index contributed by atoms with van der Waals surface area (Å²) in [6.45, 7) is 3.88. The normalized spacial score (nSPS) is 20.9. The van der Waals surface area contributed by atoms with Crippen molar-refractivity contribution in [1.82, 2.24) is 20.4 Å². The molecule has 0 amide bonds. The van der Waals surface area contributed by atoms with E-state index in [0.29, 0.717) is 11.7 Å². The summed E-state index contributed by atoms with van der Waals surface area (Å²) in [5.74, 6) is 1.83. The Morgan fingerprint density at radius 1 is 1.32 bits per heavy atom. The van der Waals surface area contributed by atoms with Crippen LogP contribution in [0.2, 0.25) is 0 Å². The maximum atomic E-state index is 5.57. The lowest BCUT2D eigenvalue weighted by atomic mass is 9.94. The Labute approximate surface area is 129 Å². The number of allylic oxidation sites excluding steroid dienone is 2. The Morgan fingerprint density at radius 2 is 2.27 bits per heavy atom. The zero-order valence-electron chi connectivity index (χ0n) is 12.8. The summed E-state index contributed by atoms with van der Waals surface area (Å²) < 4.78 is 5.57. The minimum atomic E-state index is 0.362. The van der Waals surface area contributed by atoms with Crippen LogP contribution in [0.5, 0.6) is 0 Å². The van der Waals surface area contributed by atoms with Crippen LogP contribution in [0.15, 0.2) is 22.9 Å². The fourth-order valence-corrected chi connectivity index (χ4v) is 3.39. The number of aryl methyl sites for hydroxylation is 1. The first kappa shape index (κ1) is 13.6. The summed E-state index contributed by atoms with van der Waals surface area (Å²) in [6.07, 6.45) is 10.6. The molecule has 3 heterocycles. The summed E-state index contributed by atoms with van der Waals surface area (Å²) in [7, 11) is 0. The molecule has 0 unspecified atom stereocenters. The molecule has 5 nitrogen and oxygen atoms in total. The van der Waals surface area contributed by atoms with Gasteiger partial charge in [-0.2, -0.15) is 4.98 Å². The van der Waals surface area contributed by atoms with Crippen LogP contribution >= 0.6 is 0 Å². The van der Waals surface area contributed by atoms with Gasteiger partial charge in [-0.1, -0.05) is 17.3 Å². The van der Waals surface area contributed by atoms with Crippen molar-refractivity contribution >= 4 is 0 Å². The van der Waals surface area contributed by atoms with Crippen LogP contribution in [-0.4, -0.2) is 21.7 Å². The molecule has 2 aliphatic rings. The summed E-state index contributed by atoms with van der Waals surface area (Å²) in [6, 6.07) is 0. The second kappa shape index (κ2) is 5.65. The van der Waals surface area contributed by atoms with Gasteiger partial charge in [-0.3, -0.25) is 4.98 Å². The lowest BCUT2D eigenvalue weighted by Crippen LogP contribution is -2.24. The van der Waals surface area contributed by atoms with Crippen LogP contribution < -0.4 is 5.32 Å². The monoisotopic (exact) mass is 296 g/mol. The van der Waals surface area contributed by atoms with Crippen LogP contribution in [0.4, 0.5) is 0 Å². The molecule has 5 heteroatoms. The molecule has 0 saturated heterocycles. The number of nitrogens with zero attached hydrogens (tertiary/aromatic N) is 3. The van der Waals surface area contributed by atoms with Crippen molar-refractivity contribution in [2.45, 2.75) is 45.1 Å². The molecule has 0 fully saturated rings. The highest BCUT2D eigenvalue weighted by Crippen LogP contribution is 2.32. The van der Waals surface area contributed by atoms with Gasteiger partial charge in [0, 0.05) is 29.9 Å². The van der Waals surface area contributed by atoms with E-state index in [1.165, 1.54) is 11.1 Å². The maximum absolute atomic E-state index is 5.57. The largest absolute Gasteiger partial charge is 0.339 e. The molecule has 0 bridgehead atoms. The number of fused-ring (bicyclic) bond motifs is 1. The van der Waals surface area contributed by atoms with Crippen molar-refractivity contribution in [3.05, 3.63) is 41.1 Å². The van der Waals surface area contributed by atoms with Crippen molar-refractivity contribution in [3.8, 4) is 11.4 Å². The number of pyridine rings is 1. The Balaban J connectivity index is 1.73. The molecule has 1 aliphatic carbocycles. The van der Waals surface area contributed by atoms with Crippen LogP contribution in [0, 0.1) is 6.92 Å². The average molecular weight is 296 g/mol. The minimum absolute atomic E-state index is 0.362. The van der Waals surface area contributed by atoms with Crippen LogP contribution in [0.1, 0.15) is 47.9 Å². The molecule has 1 aliphatic heterocycles. The molecular weight excluding hydrogens is 276 g/mol. The van der Waals surface area contributed by atoms with Crippen molar-refractivity contribution < 1.29 is 4.52 Å². The molecule has 1 N–H and O–H groups in total. The van der Waals surface area contributed by atoms with Crippen molar-refractivity contribution in [3.63, 3.8) is 0 Å². The van der Waals surface area contributed by atoms with E-state index in [9.17, 15) is 0 Å². The SMILES string of the molecule is Cc1ncc2c(c1-c1noc([C@H]3CC=CCC3)n1)CCNC2. The fourth-order valence-electron chi connectivity index (χ4n) is 3.39. The standard InChI is InChI=1S/C17H20N4O/c1-11-15(14-7-8-18-9-13(14)10-19-11)16-20-17(22-21-16)12-5-3-2-4-6-12/h2-3,10,12,18H,4-9H2,1H3/t12-/m0/s1. The van der Waals surface area contributed by atoms with Gasteiger partial charge in [0.15, 0.2) is 0 Å². The van der Waals surface area contributed by atoms with Gasteiger partial charge >= 0.3 is 0 Å². The second-order valence-corrected chi connectivity index (χ2v) is 6.09. The molecular formula is C17H20N4O. The van der Waals surface area contributed by atoms with Crippen LogP contribution in [0.25, 0.3) is 11.4 Å². The molecule has 22 heavy (non-hydrogen) atoms. The first-order chi connectivity index (χ1) is 10.8. The van der Waals surface area contributed by atoms with E-state index in [-0.39, 0.29) is 0 Å². The molecule has 114 valence electrons. The average Bonchev–Trinajstić information content (AvgIpc) is 3.05. The first-order valence-corrected chi connectivity index (χ1v) is 8.00. The minimum Gasteiger partial charge on any atom is -0.339 e. The lowest BCUT2D eigenvalue weighted by molar-refractivity contribution is 0.344. The van der Waals surface area contributed by atoms with E-state index in [2.05, 4.69) is 27.6 Å². The molecule has 0 spiro atoms. The van der Waals surface area contributed by atoms with E-state index in [1.807, 2.05) is 13.1 Å². The third kappa shape index (κ3) is 2.35. The van der Waals surface area contributed by atoms with Crippen LogP contribution in [0.3, 0.4) is 0 Å². The zero-order valence-corrected chi connectivity index (χ0v) is 12.8. The molecule has 1 atom stereocenters. The van der Waals surface area contributed by atoms with Crippen molar-refractivity contribution in [2.75, 3.05) is 6.54 Å². The maximum Gasteiger partial charge on any atom is 0.230 e. The number of aromatic nitrogens is 3. The van der Waals surface area contributed by atoms with Gasteiger partial charge in [0.05, 0.1) is 0 Å². The third-order valence-electron chi connectivity index (χ3n) is 4.62. The van der Waals surface area contributed by atoms with Gasteiger partial charge in [0.2, 0.25) is 11.7 Å². The van der Waals surface area contributed by atoms with E-state index in [0.717, 1.165) is 55.9 Å². The highest BCUT2D eigenvalue weighted by molar-refractivity contribution is 5.64. The van der Waals surface area contributed by atoms with Gasteiger partial charge in [0.1, 0.15) is 0 Å². The Kier molecular flexibility index (Phi) is 3.50. The topological polar surface area (TPSA) is 63.8 Å². The predicted molar refractivity (Wildman–Crippen MR) is 83.4 cm³/mol. The number of hydrogen-bond acceptors (Lipinski definition) is 5. The number of hydrogen-bond donors (Lipinski definition) is 1. The van der Waals surface area contributed by atoms with Gasteiger partial charge in [-0.05, 0) is 50.3 Å². The molecule has 0 aromatic carbocycles. The summed E-state index contributed by atoms with van der Waals surface area (Å²) in [5, 5.41) is 7.64. The van der Waals surface area contributed by atoms with Gasteiger partial charge < -0.3 is 9.84 Å². The smallest absolute Gasteiger partial charge is 0.230 e. The van der Waals surface area contributed by atoms with E-state index >= 15 is 0 Å². The molecule has 0 saturated carbocycles. The van der Waals surface area contributed by atoms with Gasteiger partial charge in [-0.15, -0.1) is 0 Å². The van der Waals surface area contributed by atoms with E-state index in [4.69, 9.17) is 9.51 Å².